The minimum atomic E-state index is -0.00204. The zero-order chi connectivity index (χ0) is 10.1. The van der Waals surface area contributed by atoms with Crippen molar-refractivity contribution in [3.8, 4) is 0 Å². The van der Waals surface area contributed by atoms with Crippen molar-refractivity contribution < 1.29 is 9.53 Å². The van der Waals surface area contributed by atoms with E-state index in [1.54, 1.807) is 0 Å². The molecule has 0 saturated heterocycles. The van der Waals surface area contributed by atoms with Gasteiger partial charge in [0.15, 0.2) is 0 Å². The van der Waals surface area contributed by atoms with Gasteiger partial charge in [-0.1, -0.05) is 33.6 Å². The van der Waals surface area contributed by atoms with Gasteiger partial charge in [-0.15, -0.1) is 0 Å². The lowest BCUT2D eigenvalue weighted by Gasteiger charge is -2.12. The summed E-state index contributed by atoms with van der Waals surface area (Å²) in [6.45, 7) is 6.78. The van der Waals surface area contributed by atoms with E-state index in [1.165, 1.54) is 0 Å². The van der Waals surface area contributed by atoms with Gasteiger partial charge in [-0.2, -0.15) is 0 Å². The third-order valence-corrected chi connectivity index (χ3v) is 2.18. The first kappa shape index (κ1) is 12.5. The molecule has 0 heterocycles. The summed E-state index contributed by atoms with van der Waals surface area (Å²) in [6.07, 6.45) is 5.07. The molecule has 0 aliphatic carbocycles. The van der Waals surface area contributed by atoms with Gasteiger partial charge in [-0.05, 0) is 19.3 Å². The Kier molecular flexibility index (Phi) is 7.76. The largest absolute Gasteiger partial charge is 0.465 e. The van der Waals surface area contributed by atoms with E-state index in [-0.39, 0.29) is 11.9 Å². The van der Waals surface area contributed by atoms with E-state index >= 15 is 0 Å². The summed E-state index contributed by atoms with van der Waals surface area (Å²) in [7, 11) is 0. The molecule has 0 rings (SSSR count). The summed E-state index contributed by atoms with van der Waals surface area (Å²) in [6, 6.07) is 0. The average molecular weight is 186 g/mol. The molecular formula is C11H22O2. The molecule has 0 radical (unpaired) electrons. The van der Waals surface area contributed by atoms with Gasteiger partial charge in [-0.3, -0.25) is 4.79 Å². The van der Waals surface area contributed by atoms with Crippen molar-refractivity contribution in [2.75, 3.05) is 6.61 Å². The summed E-state index contributed by atoms with van der Waals surface area (Å²) >= 11 is 0. The van der Waals surface area contributed by atoms with E-state index in [0.29, 0.717) is 6.61 Å². The van der Waals surface area contributed by atoms with E-state index < -0.39 is 0 Å². The molecule has 13 heavy (non-hydrogen) atoms. The van der Waals surface area contributed by atoms with Crippen molar-refractivity contribution in [2.45, 2.75) is 52.9 Å². The lowest BCUT2D eigenvalue weighted by molar-refractivity contribution is -0.149. The van der Waals surface area contributed by atoms with E-state index in [2.05, 4.69) is 6.92 Å². The first-order valence-electron chi connectivity index (χ1n) is 5.42. The first-order valence-corrected chi connectivity index (χ1v) is 5.42. The predicted molar refractivity (Wildman–Crippen MR) is 54.6 cm³/mol. The second-order valence-electron chi connectivity index (χ2n) is 3.41. The fraction of sp³-hybridized carbons (Fsp3) is 0.909. The monoisotopic (exact) mass is 186 g/mol. The molecule has 78 valence electrons. The summed E-state index contributed by atoms with van der Waals surface area (Å²) < 4.78 is 5.10. The molecule has 2 heteroatoms. The van der Waals surface area contributed by atoms with Gasteiger partial charge < -0.3 is 4.74 Å². The van der Waals surface area contributed by atoms with Gasteiger partial charge in [0.1, 0.15) is 0 Å². The van der Waals surface area contributed by atoms with Crippen molar-refractivity contribution in [2.24, 2.45) is 5.92 Å². The number of carbonyl (C=O) groups excluding carboxylic acids is 1. The summed E-state index contributed by atoms with van der Waals surface area (Å²) in [4.78, 5) is 11.4. The normalized spacial score (nSPS) is 12.5. The van der Waals surface area contributed by atoms with Gasteiger partial charge in [0.2, 0.25) is 0 Å². The number of hydrogen-bond acceptors (Lipinski definition) is 2. The molecule has 2 nitrogen and oxygen atoms in total. The van der Waals surface area contributed by atoms with Crippen LogP contribution in [0.15, 0.2) is 0 Å². The third-order valence-electron chi connectivity index (χ3n) is 2.18. The molecule has 0 N–H and O–H groups in total. The Morgan fingerprint density at radius 1 is 1.23 bits per heavy atom. The number of esters is 1. The Hall–Kier alpha value is -0.530. The fourth-order valence-corrected chi connectivity index (χ4v) is 1.26. The molecule has 0 fully saturated rings. The van der Waals surface area contributed by atoms with E-state index in [0.717, 1.165) is 32.1 Å². The van der Waals surface area contributed by atoms with E-state index in [9.17, 15) is 4.79 Å². The highest BCUT2D eigenvalue weighted by molar-refractivity contribution is 5.72. The molecule has 0 bridgehead atoms. The van der Waals surface area contributed by atoms with Crippen LogP contribution >= 0.6 is 0 Å². The van der Waals surface area contributed by atoms with Gasteiger partial charge in [0.05, 0.1) is 12.5 Å². The van der Waals surface area contributed by atoms with Crippen LogP contribution in [0.1, 0.15) is 52.9 Å². The topological polar surface area (TPSA) is 26.3 Å². The van der Waals surface area contributed by atoms with Crippen LogP contribution in [0, 0.1) is 5.92 Å². The summed E-state index contributed by atoms with van der Waals surface area (Å²) in [5.41, 5.74) is 0. The molecule has 0 spiro atoms. The standard InChI is InChI=1S/C11H22O2/c1-4-7-8-10(6-3)11(12)13-9-5-2/h10H,4-9H2,1-3H3/t10-/m0/s1. The van der Waals surface area contributed by atoms with E-state index in [4.69, 9.17) is 4.74 Å². The third kappa shape index (κ3) is 5.67. The van der Waals surface area contributed by atoms with Crippen LogP contribution in [0.2, 0.25) is 0 Å². The zero-order valence-electron chi connectivity index (χ0n) is 9.14. The maximum Gasteiger partial charge on any atom is 0.308 e. The molecule has 0 aliphatic rings. The Bertz CT molecular complexity index is 132. The Morgan fingerprint density at radius 2 is 1.92 bits per heavy atom. The van der Waals surface area contributed by atoms with Gasteiger partial charge in [0.25, 0.3) is 0 Å². The molecule has 0 aliphatic heterocycles. The molecule has 0 aromatic rings. The molecule has 0 aromatic heterocycles. The Balaban J connectivity index is 3.71. The minimum absolute atomic E-state index is 0.00204. The van der Waals surface area contributed by atoms with Crippen molar-refractivity contribution in [1.29, 1.82) is 0 Å². The Morgan fingerprint density at radius 3 is 2.38 bits per heavy atom. The lowest BCUT2D eigenvalue weighted by atomic mass is 10.00. The highest BCUT2D eigenvalue weighted by Gasteiger charge is 2.16. The van der Waals surface area contributed by atoms with Gasteiger partial charge in [0, 0.05) is 0 Å². The van der Waals surface area contributed by atoms with Crippen molar-refractivity contribution >= 4 is 5.97 Å². The molecule has 0 unspecified atom stereocenters. The Labute approximate surface area is 81.7 Å². The van der Waals surface area contributed by atoms with Crippen LogP contribution in [0.25, 0.3) is 0 Å². The SMILES string of the molecule is CCCC[C@H](CC)C(=O)OCCC. The first-order chi connectivity index (χ1) is 6.26. The van der Waals surface area contributed by atoms with Crippen LogP contribution in [0.3, 0.4) is 0 Å². The molecule has 0 aromatic carbocycles. The number of hydrogen-bond donors (Lipinski definition) is 0. The number of rotatable bonds is 7. The zero-order valence-corrected chi connectivity index (χ0v) is 9.14. The second kappa shape index (κ2) is 8.09. The maximum absolute atomic E-state index is 11.4. The van der Waals surface area contributed by atoms with Crippen LogP contribution in [-0.4, -0.2) is 12.6 Å². The molecule has 1 atom stereocenters. The van der Waals surface area contributed by atoms with Crippen LogP contribution < -0.4 is 0 Å². The highest BCUT2D eigenvalue weighted by Crippen LogP contribution is 2.14. The van der Waals surface area contributed by atoms with Crippen molar-refractivity contribution in [3.05, 3.63) is 0 Å². The summed E-state index contributed by atoms with van der Waals surface area (Å²) in [5, 5.41) is 0. The van der Waals surface area contributed by atoms with Gasteiger partial charge in [-0.25, -0.2) is 0 Å². The second-order valence-corrected chi connectivity index (χ2v) is 3.41. The average Bonchev–Trinajstić information content (AvgIpc) is 2.16. The summed E-state index contributed by atoms with van der Waals surface area (Å²) in [5.74, 6) is 0.129. The fourth-order valence-electron chi connectivity index (χ4n) is 1.26. The minimum Gasteiger partial charge on any atom is -0.465 e. The maximum atomic E-state index is 11.4. The van der Waals surface area contributed by atoms with Crippen molar-refractivity contribution in [3.63, 3.8) is 0 Å². The quantitative estimate of drug-likeness (QED) is 0.571. The van der Waals surface area contributed by atoms with Crippen LogP contribution in [0.4, 0.5) is 0 Å². The van der Waals surface area contributed by atoms with Crippen LogP contribution in [-0.2, 0) is 9.53 Å². The molecular weight excluding hydrogens is 164 g/mol. The molecule has 0 amide bonds. The van der Waals surface area contributed by atoms with Gasteiger partial charge >= 0.3 is 5.97 Å². The van der Waals surface area contributed by atoms with Crippen molar-refractivity contribution in [1.82, 2.24) is 0 Å². The van der Waals surface area contributed by atoms with E-state index in [1.807, 2.05) is 13.8 Å². The molecule has 0 saturated carbocycles. The highest BCUT2D eigenvalue weighted by atomic mass is 16.5. The predicted octanol–water partition coefficient (Wildman–Crippen LogP) is 3.16. The van der Waals surface area contributed by atoms with Crippen LogP contribution in [0.5, 0.6) is 0 Å². The number of ether oxygens (including phenoxy) is 1. The number of unbranched alkanes of at least 4 members (excludes halogenated alkanes) is 1. The number of carbonyl (C=O) groups is 1. The smallest absolute Gasteiger partial charge is 0.308 e. The lowest BCUT2D eigenvalue weighted by Crippen LogP contribution is -2.17.